The number of hydrogen-bond donors (Lipinski definition) is 3. The van der Waals surface area contributed by atoms with E-state index in [0.717, 1.165) is 10.9 Å². The topological polar surface area (TPSA) is 96.5 Å². The number of amides is 3. The van der Waals surface area contributed by atoms with Crippen LogP contribution in [0.5, 0.6) is 0 Å². The summed E-state index contributed by atoms with van der Waals surface area (Å²) in [6.07, 6.45) is 1.55. The normalized spacial score (nSPS) is 10.7. The highest BCUT2D eigenvalue weighted by atomic mass is 35.5. The number of fused-ring (bicyclic) bond motifs is 1. The summed E-state index contributed by atoms with van der Waals surface area (Å²) in [6, 6.07) is 15.3. The van der Waals surface area contributed by atoms with E-state index in [-0.39, 0.29) is 24.2 Å². The van der Waals surface area contributed by atoms with Crippen LogP contribution in [-0.2, 0) is 6.54 Å². The molecule has 2 aromatic carbocycles. The van der Waals surface area contributed by atoms with Crippen LogP contribution in [0.1, 0.15) is 21.9 Å². The highest BCUT2D eigenvalue weighted by molar-refractivity contribution is 6.35. The molecule has 2 heterocycles. The fourth-order valence-electron chi connectivity index (χ4n) is 3.01. The van der Waals surface area contributed by atoms with Crippen molar-refractivity contribution in [1.82, 2.24) is 5.32 Å². The Morgan fingerprint density at radius 1 is 0.967 bits per heavy atom. The molecule has 0 aliphatic heterocycles. The number of benzene rings is 2. The van der Waals surface area contributed by atoms with Crippen molar-refractivity contribution in [3.8, 4) is 0 Å². The molecular formula is C22H18ClN3O4. The summed E-state index contributed by atoms with van der Waals surface area (Å²) in [6.45, 7) is 2.10. The van der Waals surface area contributed by atoms with Crippen LogP contribution in [0.2, 0.25) is 5.02 Å². The summed E-state index contributed by atoms with van der Waals surface area (Å²) in [7, 11) is 0. The second kappa shape index (κ2) is 8.34. The van der Waals surface area contributed by atoms with Crippen molar-refractivity contribution in [2.45, 2.75) is 13.5 Å². The van der Waals surface area contributed by atoms with Crippen LogP contribution in [0.15, 0.2) is 69.7 Å². The Kier molecular flexibility index (Phi) is 5.45. The number of nitrogens with one attached hydrogen (secondary N) is 3. The smallest absolute Gasteiger partial charge is 0.319 e. The highest BCUT2D eigenvalue weighted by Gasteiger charge is 2.19. The molecular weight excluding hydrogens is 406 g/mol. The van der Waals surface area contributed by atoms with Gasteiger partial charge in [-0.05, 0) is 49.4 Å². The van der Waals surface area contributed by atoms with Gasteiger partial charge in [0, 0.05) is 22.3 Å². The maximum atomic E-state index is 12.6. The minimum atomic E-state index is -0.378. The summed E-state index contributed by atoms with van der Waals surface area (Å²) >= 11 is 6.15. The summed E-state index contributed by atoms with van der Waals surface area (Å²) < 4.78 is 10.8. The number of anilines is 2. The van der Waals surface area contributed by atoms with E-state index in [1.54, 1.807) is 48.7 Å². The Balaban J connectivity index is 1.38. The second-order valence-corrected chi connectivity index (χ2v) is 7.00. The van der Waals surface area contributed by atoms with Crippen molar-refractivity contribution in [3.05, 3.63) is 83.0 Å². The van der Waals surface area contributed by atoms with Gasteiger partial charge < -0.3 is 24.8 Å². The van der Waals surface area contributed by atoms with E-state index in [4.69, 9.17) is 20.4 Å². The minimum absolute atomic E-state index is 0.206. The largest absolute Gasteiger partial charge is 0.467 e. The van der Waals surface area contributed by atoms with E-state index in [9.17, 15) is 9.59 Å². The molecule has 3 amide bonds. The molecule has 4 rings (SSSR count). The first-order valence-electron chi connectivity index (χ1n) is 9.17. The lowest BCUT2D eigenvalue weighted by molar-refractivity contribution is 0.0998. The number of carbonyl (C=O) groups excluding carboxylic acids is 2. The van der Waals surface area contributed by atoms with E-state index in [1.807, 2.05) is 19.1 Å². The lowest BCUT2D eigenvalue weighted by Gasteiger charge is -2.08. The van der Waals surface area contributed by atoms with E-state index in [0.29, 0.717) is 27.7 Å². The second-order valence-electron chi connectivity index (χ2n) is 6.59. The highest BCUT2D eigenvalue weighted by Crippen LogP contribution is 2.31. The summed E-state index contributed by atoms with van der Waals surface area (Å²) in [5.74, 6) is 0.486. The van der Waals surface area contributed by atoms with E-state index in [1.165, 1.54) is 0 Å². The molecule has 7 nitrogen and oxygen atoms in total. The molecule has 0 spiro atoms. The number of rotatable bonds is 5. The third-order valence-corrected chi connectivity index (χ3v) is 4.82. The number of para-hydroxylation sites is 1. The van der Waals surface area contributed by atoms with Crippen molar-refractivity contribution in [3.63, 3.8) is 0 Å². The first kappa shape index (κ1) is 19.6. The molecule has 0 fully saturated rings. The Hall–Kier alpha value is -3.71. The lowest BCUT2D eigenvalue weighted by atomic mass is 10.1. The zero-order valence-corrected chi connectivity index (χ0v) is 16.7. The van der Waals surface area contributed by atoms with Gasteiger partial charge in [0.25, 0.3) is 5.91 Å². The number of halogens is 1. The van der Waals surface area contributed by atoms with E-state index < -0.39 is 0 Å². The monoisotopic (exact) mass is 423 g/mol. The van der Waals surface area contributed by atoms with Crippen molar-refractivity contribution in [2.24, 2.45) is 0 Å². The van der Waals surface area contributed by atoms with E-state index >= 15 is 0 Å². The number of urea groups is 1. The molecule has 4 aromatic rings. The zero-order valence-electron chi connectivity index (χ0n) is 16.0. The standard InChI is InChI=1S/C22H18ClN3O4/c1-13-17-5-2-6-18(23)20(17)30-19(13)21(27)25-14-7-9-15(10-8-14)26-22(28)24-12-16-4-3-11-29-16/h2-11H,12H2,1H3,(H,25,27)(H2,24,26,28). The van der Waals surface area contributed by atoms with Crippen LogP contribution in [0.4, 0.5) is 16.2 Å². The van der Waals surface area contributed by atoms with Gasteiger partial charge in [-0.15, -0.1) is 0 Å². The zero-order chi connectivity index (χ0) is 21.1. The molecule has 30 heavy (non-hydrogen) atoms. The van der Waals surface area contributed by atoms with Crippen molar-refractivity contribution in [2.75, 3.05) is 10.6 Å². The Morgan fingerprint density at radius 3 is 2.37 bits per heavy atom. The number of carbonyl (C=O) groups is 2. The first-order chi connectivity index (χ1) is 14.5. The lowest BCUT2D eigenvalue weighted by Crippen LogP contribution is -2.27. The van der Waals surface area contributed by atoms with Gasteiger partial charge >= 0.3 is 6.03 Å². The maximum Gasteiger partial charge on any atom is 0.319 e. The molecule has 0 saturated carbocycles. The molecule has 0 radical (unpaired) electrons. The molecule has 0 saturated heterocycles. The molecule has 8 heteroatoms. The average molecular weight is 424 g/mol. The van der Waals surface area contributed by atoms with Gasteiger partial charge in [-0.1, -0.05) is 23.7 Å². The summed E-state index contributed by atoms with van der Waals surface area (Å²) in [4.78, 5) is 24.6. The summed E-state index contributed by atoms with van der Waals surface area (Å²) in [5.41, 5.74) is 2.35. The van der Waals surface area contributed by atoms with E-state index in [2.05, 4.69) is 16.0 Å². The predicted molar refractivity (Wildman–Crippen MR) is 115 cm³/mol. The third kappa shape index (κ3) is 4.16. The number of furan rings is 2. The van der Waals surface area contributed by atoms with Crippen molar-refractivity contribution in [1.29, 1.82) is 0 Å². The van der Waals surface area contributed by atoms with Gasteiger partial charge in [-0.25, -0.2) is 4.79 Å². The molecule has 0 aliphatic rings. The fourth-order valence-corrected chi connectivity index (χ4v) is 3.22. The SMILES string of the molecule is Cc1c(C(=O)Nc2ccc(NC(=O)NCc3ccco3)cc2)oc2c(Cl)cccc12. The van der Waals surface area contributed by atoms with Crippen LogP contribution in [0.3, 0.4) is 0 Å². The Labute approximate surface area is 177 Å². The quantitative estimate of drug-likeness (QED) is 0.391. The number of hydrogen-bond acceptors (Lipinski definition) is 4. The number of aryl methyl sites for hydroxylation is 1. The van der Waals surface area contributed by atoms with Gasteiger partial charge in [-0.2, -0.15) is 0 Å². The van der Waals surface area contributed by atoms with Crippen LogP contribution < -0.4 is 16.0 Å². The molecule has 152 valence electrons. The fraction of sp³-hybridized carbons (Fsp3) is 0.0909. The van der Waals surface area contributed by atoms with Gasteiger partial charge in [-0.3, -0.25) is 4.79 Å². The molecule has 2 aromatic heterocycles. The Morgan fingerprint density at radius 2 is 1.70 bits per heavy atom. The van der Waals surface area contributed by atoms with Crippen molar-refractivity contribution >= 4 is 45.9 Å². The van der Waals surface area contributed by atoms with Gasteiger partial charge in [0.2, 0.25) is 0 Å². The van der Waals surface area contributed by atoms with Crippen LogP contribution >= 0.6 is 11.6 Å². The van der Waals surface area contributed by atoms with Crippen LogP contribution in [0, 0.1) is 6.92 Å². The van der Waals surface area contributed by atoms with Crippen molar-refractivity contribution < 1.29 is 18.4 Å². The predicted octanol–water partition coefficient (Wildman–Crippen LogP) is 5.56. The average Bonchev–Trinajstić information content (AvgIpc) is 3.37. The third-order valence-electron chi connectivity index (χ3n) is 4.53. The molecule has 0 unspecified atom stereocenters. The van der Waals surface area contributed by atoms with Gasteiger partial charge in [0.15, 0.2) is 11.3 Å². The Bertz CT molecular complexity index is 1200. The van der Waals surface area contributed by atoms with Crippen LogP contribution in [-0.4, -0.2) is 11.9 Å². The van der Waals surface area contributed by atoms with Gasteiger partial charge in [0.05, 0.1) is 17.8 Å². The molecule has 0 atom stereocenters. The molecule has 0 bridgehead atoms. The summed E-state index contributed by atoms with van der Waals surface area (Å²) in [5, 5.41) is 9.44. The first-order valence-corrected chi connectivity index (χ1v) is 9.55. The van der Waals surface area contributed by atoms with Gasteiger partial charge in [0.1, 0.15) is 5.76 Å². The van der Waals surface area contributed by atoms with Crippen LogP contribution in [0.25, 0.3) is 11.0 Å². The molecule has 3 N–H and O–H groups in total. The maximum absolute atomic E-state index is 12.6. The minimum Gasteiger partial charge on any atom is -0.467 e. The molecule has 0 aliphatic carbocycles.